The molecule has 182 valence electrons. The first-order valence-corrected chi connectivity index (χ1v) is 11.3. The summed E-state index contributed by atoms with van der Waals surface area (Å²) in [5.74, 6) is -1.59. The molecule has 0 aliphatic carbocycles. The van der Waals surface area contributed by atoms with E-state index in [2.05, 4.69) is 4.98 Å². The van der Waals surface area contributed by atoms with Gasteiger partial charge < -0.3 is 0 Å². The first-order valence-electron chi connectivity index (χ1n) is 11.3. The maximum Gasteiger partial charge on any atom is 0.416 e. The Morgan fingerprint density at radius 3 is 2.21 bits per heavy atom. The van der Waals surface area contributed by atoms with Gasteiger partial charge >= 0.3 is 6.18 Å². The van der Waals surface area contributed by atoms with Crippen molar-refractivity contribution >= 4 is 55.7 Å². The molecule has 0 saturated heterocycles. The van der Waals surface area contributed by atoms with E-state index >= 15 is 0 Å². The number of fused-ring (bicyclic) bond motifs is 4. The summed E-state index contributed by atoms with van der Waals surface area (Å²) < 4.78 is 41.4. The fourth-order valence-corrected chi connectivity index (χ4v) is 5.26. The molecule has 6 aromatic rings. The van der Waals surface area contributed by atoms with Crippen molar-refractivity contribution in [2.75, 3.05) is 4.90 Å². The Morgan fingerprint density at radius 2 is 1.53 bits per heavy atom. The van der Waals surface area contributed by atoms with E-state index in [1.165, 1.54) is 28.7 Å². The fraction of sp³-hybridized carbons (Fsp3) is 0.0357. The maximum atomic E-state index is 13.6. The summed E-state index contributed by atoms with van der Waals surface area (Å²) in [6, 6.07) is 16.8. The number of anilines is 1. The van der Waals surface area contributed by atoms with Gasteiger partial charge in [-0.25, -0.2) is 9.88 Å². The van der Waals surface area contributed by atoms with E-state index < -0.39 is 29.1 Å². The van der Waals surface area contributed by atoms with E-state index in [9.17, 15) is 32.8 Å². The number of nitriles is 1. The van der Waals surface area contributed by atoms with Crippen LogP contribution in [0.5, 0.6) is 0 Å². The molecule has 0 spiro atoms. The van der Waals surface area contributed by atoms with Crippen LogP contribution in [0, 0.1) is 11.3 Å². The fourth-order valence-electron chi connectivity index (χ4n) is 5.26. The van der Waals surface area contributed by atoms with Crippen LogP contribution in [0.25, 0.3) is 38.2 Å². The Labute approximate surface area is 209 Å². The van der Waals surface area contributed by atoms with Gasteiger partial charge in [-0.1, -0.05) is 6.07 Å². The third-order valence-corrected chi connectivity index (χ3v) is 6.92. The van der Waals surface area contributed by atoms with Crippen molar-refractivity contribution in [3.8, 4) is 6.07 Å². The second-order valence-electron chi connectivity index (χ2n) is 8.96. The van der Waals surface area contributed by atoms with Gasteiger partial charge in [-0.3, -0.25) is 18.8 Å². The number of imide groups is 1. The van der Waals surface area contributed by atoms with E-state index in [4.69, 9.17) is 0 Å². The van der Waals surface area contributed by atoms with Crippen LogP contribution in [-0.2, 0) is 6.18 Å². The molecule has 4 aromatic carbocycles. The summed E-state index contributed by atoms with van der Waals surface area (Å²) in [6.07, 6.45) is -4.66. The molecule has 0 unspecified atom stereocenters. The van der Waals surface area contributed by atoms with E-state index in [0.29, 0.717) is 33.0 Å². The molecule has 3 heterocycles. The number of rotatable bonds is 1. The molecule has 2 aromatic heterocycles. The molecular weight excluding hydrogens is 497 g/mol. The standard InChI is InChI=1S/C28H11F3N4O3/c29-28(30,31)14-2-1-3-15(11-14)34-25(36)18-6-5-16-22-17(7-8-19(23(18)22)26(34)37)27(38)35-21-9-4-13(12-32)10-20(21)33-24(16)35/h1-11H. The number of benzene rings is 4. The Balaban J connectivity index is 1.53. The molecule has 10 heteroatoms. The zero-order valence-corrected chi connectivity index (χ0v) is 19.0. The number of amides is 2. The predicted molar refractivity (Wildman–Crippen MR) is 132 cm³/mol. The topological polar surface area (TPSA) is 95.5 Å². The Hall–Kier alpha value is -5.30. The van der Waals surface area contributed by atoms with E-state index in [1.807, 2.05) is 6.07 Å². The van der Waals surface area contributed by atoms with Crippen LogP contribution < -0.4 is 10.5 Å². The molecule has 1 aliphatic rings. The highest BCUT2D eigenvalue weighted by molar-refractivity contribution is 6.38. The number of halogens is 3. The number of aromatic nitrogens is 2. The van der Waals surface area contributed by atoms with Crippen LogP contribution in [0.1, 0.15) is 31.8 Å². The summed E-state index contributed by atoms with van der Waals surface area (Å²) >= 11 is 0. The Kier molecular flexibility index (Phi) is 4.12. The number of nitrogens with zero attached hydrogens (tertiary/aromatic N) is 4. The molecule has 0 bridgehead atoms. The van der Waals surface area contributed by atoms with Gasteiger partial charge in [-0.15, -0.1) is 0 Å². The first-order chi connectivity index (χ1) is 18.2. The number of alkyl halides is 3. The summed E-state index contributed by atoms with van der Waals surface area (Å²) in [5.41, 5.74) is 0.179. The normalized spacial score (nSPS) is 13.8. The second-order valence-corrected chi connectivity index (χ2v) is 8.96. The lowest BCUT2D eigenvalue weighted by molar-refractivity contribution is -0.137. The van der Waals surface area contributed by atoms with Gasteiger partial charge in [0.25, 0.3) is 17.4 Å². The predicted octanol–water partition coefficient (Wildman–Crippen LogP) is 5.28. The average molecular weight is 508 g/mol. The van der Waals surface area contributed by atoms with E-state index in [-0.39, 0.29) is 27.6 Å². The van der Waals surface area contributed by atoms with Gasteiger partial charge in [0.15, 0.2) is 0 Å². The molecule has 0 saturated carbocycles. The zero-order valence-electron chi connectivity index (χ0n) is 19.0. The Morgan fingerprint density at radius 1 is 0.816 bits per heavy atom. The highest BCUT2D eigenvalue weighted by atomic mass is 19.4. The highest BCUT2D eigenvalue weighted by Gasteiger charge is 2.37. The summed E-state index contributed by atoms with van der Waals surface area (Å²) in [4.78, 5) is 46.0. The van der Waals surface area contributed by atoms with Crippen molar-refractivity contribution < 1.29 is 22.8 Å². The SMILES string of the molecule is N#Cc1ccc2c(c1)nc1c3ccc4c5c(ccc(c(=O)n21)c53)C(=O)N(c1cccc(C(F)(F)F)c1)C4=O. The molecular formula is C28H11F3N4O3. The lowest BCUT2D eigenvalue weighted by atomic mass is 9.90. The third-order valence-electron chi connectivity index (χ3n) is 6.92. The molecule has 38 heavy (non-hydrogen) atoms. The summed E-state index contributed by atoms with van der Waals surface area (Å²) in [5, 5.41) is 10.6. The average Bonchev–Trinajstić information content (AvgIpc) is 3.29. The van der Waals surface area contributed by atoms with E-state index in [1.54, 1.807) is 24.3 Å². The van der Waals surface area contributed by atoms with Crippen molar-refractivity contribution in [2.45, 2.75) is 6.18 Å². The van der Waals surface area contributed by atoms with Gasteiger partial charge in [0, 0.05) is 32.7 Å². The van der Waals surface area contributed by atoms with Gasteiger partial charge in [0.1, 0.15) is 5.65 Å². The van der Waals surface area contributed by atoms with Crippen LogP contribution in [0.3, 0.4) is 0 Å². The number of carbonyl (C=O) groups excluding carboxylic acids is 2. The molecule has 1 aliphatic heterocycles. The molecule has 0 N–H and O–H groups in total. The minimum Gasteiger partial charge on any atom is -0.268 e. The lowest BCUT2D eigenvalue weighted by Crippen LogP contribution is -2.40. The molecule has 0 atom stereocenters. The van der Waals surface area contributed by atoms with Crippen LogP contribution in [-0.4, -0.2) is 21.2 Å². The van der Waals surface area contributed by atoms with Crippen LogP contribution in [0.15, 0.2) is 71.5 Å². The zero-order chi connectivity index (χ0) is 26.5. The maximum absolute atomic E-state index is 13.6. The van der Waals surface area contributed by atoms with Gasteiger partial charge in [-0.2, -0.15) is 18.4 Å². The Bertz CT molecular complexity index is 2140. The van der Waals surface area contributed by atoms with Crippen molar-refractivity contribution in [1.29, 1.82) is 5.26 Å². The molecule has 0 radical (unpaired) electrons. The van der Waals surface area contributed by atoms with Crippen molar-refractivity contribution in [3.05, 3.63) is 99.3 Å². The highest BCUT2D eigenvalue weighted by Crippen LogP contribution is 2.39. The number of carbonyl (C=O) groups is 2. The molecule has 2 amide bonds. The number of hydrogen-bond acceptors (Lipinski definition) is 5. The van der Waals surface area contributed by atoms with Gasteiger partial charge in [0.2, 0.25) is 0 Å². The van der Waals surface area contributed by atoms with Crippen LogP contribution in [0.4, 0.5) is 18.9 Å². The van der Waals surface area contributed by atoms with Crippen molar-refractivity contribution in [3.63, 3.8) is 0 Å². The number of hydrogen-bond donors (Lipinski definition) is 0. The monoisotopic (exact) mass is 508 g/mol. The van der Waals surface area contributed by atoms with E-state index in [0.717, 1.165) is 23.1 Å². The molecule has 7 rings (SSSR count). The lowest BCUT2D eigenvalue weighted by Gasteiger charge is -2.28. The minimum absolute atomic E-state index is 0.0849. The van der Waals surface area contributed by atoms with Crippen LogP contribution >= 0.6 is 0 Å². The summed E-state index contributed by atoms with van der Waals surface area (Å²) in [6.45, 7) is 0. The quantitative estimate of drug-likeness (QED) is 0.282. The number of pyridine rings is 1. The summed E-state index contributed by atoms with van der Waals surface area (Å²) in [7, 11) is 0. The van der Waals surface area contributed by atoms with Crippen molar-refractivity contribution in [1.82, 2.24) is 9.38 Å². The third kappa shape index (κ3) is 2.72. The minimum atomic E-state index is -4.66. The second kappa shape index (κ2) is 7.14. The first kappa shape index (κ1) is 21.9. The van der Waals surface area contributed by atoms with Gasteiger partial charge in [-0.05, 0) is 60.7 Å². The van der Waals surface area contributed by atoms with Crippen molar-refractivity contribution in [2.24, 2.45) is 0 Å². The molecule has 7 nitrogen and oxygen atoms in total. The largest absolute Gasteiger partial charge is 0.416 e. The molecule has 0 fully saturated rings. The van der Waals surface area contributed by atoms with Crippen LogP contribution in [0.2, 0.25) is 0 Å². The smallest absolute Gasteiger partial charge is 0.268 e. The van der Waals surface area contributed by atoms with Gasteiger partial charge in [0.05, 0.1) is 33.9 Å². The number of imidazole rings is 1.